The summed E-state index contributed by atoms with van der Waals surface area (Å²) in [5.74, 6) is -0.431. The van der Waals surface area contributed by atoms with Crippen molar-refractivity contribution in [2.75, 3.05) is 31.5 Å². The first-order valence-corrected chi connectivity index (χ1v) is 10.0. The van der Waals surface area contributed by atoms with Gasteiger partial charge in [0.15, 0.2) is 0 Å². The van der Waals surface area contributed by atoms with E-state index in [0.29, 0.717) is 17.8 Å². The van der Waals surface area contributed by atoms with Crippen LogP contribution < -0.4 is 16.2 Å². The molecular formula is C22H30N4O3. The topological polar surface area (TPSA) is 83.4 Å². The number of carbonyl (C=O) groups is 2. The molecule has 2 aromatic rings. The summed E-state index contributed by atoms with van der Waals surface area (Å²) in [5, 5.41) is 5.66. The summed E-state index contributed by atoms with van der Waals surface area (Å²) in [5.41, 5.74) is 1.80. The molecule has 0 saturated carbocycles. The minimum absolute atomic E-state index is 0.0602. The van der Waals surface area contributed by atoms with E-state index in [-0.39, 0.29) is 23.9 Å². The first kappa shape index (κ1) is 22.4. The molecule has 7 nitrogen and oxygen atoms in total. The Labute approximate surface area is 171 Å². The molecule has 0 unspecified atom stereocenters. The number of amides is 2. The molecule has 2 rings (SSSR count). The van der Waals surface area contributed by atoms with Crippen molar-refractivity contribution >= 4 is 17.5 Å². The van der Waals surface area contributed by atoms with Crippen molar-refractivity contribution in [2.45, 2.75) is 33.7 Å². The van der Waals surface area contributed by atoms with E-state index in [1.165, 1.54) is 10.6 Å². The quantitative estimate of drug-likeness (QED) is 0.602. The second-order valence-electron chi connectivity index (χ2n) is 6.93. The molecule has 0 aliphatic rings. The van der Waals surface area contributed by atoms with E-state index in [1.54, 1.807) is 36.5 Å². The summed E-state index contributed by atoms with van der Waals surface area (Å²) in [7, 11) is 0. The maximum atomic E-state index is 12.2. The fourth-order valence-electron chi connectivity index (χ4n) is 2.98. The molecule has 0 bridgehead atoms. The zero-order valence-corrected chi connectivity index (χ0v) is 17.4. The number of carbonyl (C=O) groups excluding carboxylic acids is 2. The number of anilines is 1. The van der Waals surface area contributed by atoms with E-state index in [2.05, 4.69) is 29.4 Å². The maximum absolute atomic E-state index is 12.2. The summed E-state index contributed by atoms with van der Waals surface area (Å²) in [6, 6.07) is 9.87. The molecule has 0 spiro atoms. The first-order chi connectivity index (χ1) is 13.9. The molecule has 0 aliphatic carbocycles. The summed E-state index contributed by atoms with van der Waals surface area (Å²) < 4.78 is 1.37. The van der Waals surface area contributed by atoms with E-state index in [9.17, 15) is 14.4 Å². The van der Waals surface area contributed by atoms with E-state index in [0.717, 1.165) is 31.6 Å². The molecule has 0 atom stereocenters. The average Bonchev–Trinajstić information content (AvgIpc) is 2.71. The average molecular weight is 399 g/mol. The molecule has 1 heterocycles. The molecule has 0 radical (unpaired) electrons. The van der Waals surface area contributed by atoms with Gasteiger partial charge in [-0.15, -0.1) is 0 Å². The fraction of sp³-hybridized carbons (Fsp3) is 0.409. The molecule has 29 heavy (non-hydrogen) atoms. The van der Waals surface area contributed by atoms with E-state index >= 15 is 0 Å². The minimum Gasteiger partial charge on any atom is -0.352 e. The van der Waals surface area contributed by atoms with Gasteiger partial charge in [-0.25, -0.2) is 0 Å². The number of nitrogens with zero attached hydrogens (tertiary/aromatic N) is 2. The second kappa shape index (κ2) is 11.2. The van der Waals surface area contributed by atoms with Crippen LogP contribution in [0.2, 0.25) is 0 Å². The number of benzene rings is 1. The van der Waals surface area contributed by atoms with Crippen LogP contribution in [0.15, 0.2) is 47.4 Å². The monoisotopic (exact) mass is 398 g/mol. The Bertz CT molecular complexity index is 870. The summed E-state index contributed by atoms with van der Waals surface area (Å²) in [4.78, 5) is 38.5. The third kappa shape index (κ3) is 7.19. The molecule has 0 saturated heterocycles. The van der Waals surface area contributed by atoms with Crippen LogP contribution >= 0.6 is 0 Å². The standard InChI is InChI=1S/C22H30N4O3/c1-4-25(5-2)14-6-13-23-22(29)18-8-10-19(11-9-18)24-20(27)16-26-15-17(3)7-12-21(26)28/h7-12,15H,4-6,13-14,16H2,1-3H3,(H,23,29)(H,24,27). The minimum atomic E-state index is -0.300. The Hall–Kier alpha value is -2.93. The van der Waals surface area contributed by atoms with E-state index in [4.69, 9.17) is 0 Å². The van der Waals surface area contributed by atoms with Gasteiger partial charge in [-0.2, -0.15) is 0 Å². The fourth-order valence-corrected chi connectivity index (χ4v) is 2.98. The number of aryl methyl sites for hydroxylation is 1. The molecule has 2 amide bonds. The van der Waals surface area contributed by atoms with Crippen LogP contribution in [0.4, 0.5) is 5.69 Å². The van der Waals surface area contributed by atoms with Gasteiger partial charge < -0.3 is 20.1 Å². The van der Waals surface area contributed by atoms with Gasteiger partial charge in [0.1, 0.15) is 6.54 Å². The Morgan fingerprint density at radius 2 is 1.72 bits per heavy atom. The highest BCUT2D eigenvalue weighted by Gasteiger charge is 2.08. The van der Waals surface area contributed by atoms with Crippen molar-refractivity contribution in [3.05, 3.63) is 64.1 Å². The third-order valence-corrected chi connectivity index (χ3v) is 4.71. The second-order valence-corrected chi connectivity index (χ2v) is 6.93. The van der Waals surface area contributed by atoms with Crippen LogP contribution in [0.1, 0.15) is 36.2 Å². The Balaban J connectivity index is 1.83. The molecule has 1 aromatic carbocycles. The number of rotatable bonds is 10. The summed E-state index contributed by atoms with van der Waals surface area (Å²) in [6.45, 7) is 9.66. The van der Waals surface area contributed by atoms with Gasteiger partial charge in [0.25, 0.3) is 11.5 Å². The van der Waals surface area contributed by atoms with Crippen molar-refractivity contribution in [1.29, 1.82) is 0 Å². The van der Waals surface area contributed by atoms with Crippen molar-refractivity contribution in [1.82, 2.24) is 14.8 Å². The third-order valence-electron chi connectivity index (χ3n) is 4.71. The highest BCUT2D eigenvalue weighted by molar-refractivity contribution is 5.95. The van der Waals surface area contributed by atoms with Gasteiger partial charge in [0, 0.05) is 30.1 Å². The van der Waals surface area contributed by atoms with Crippen LogP contribution in [0.3, 0.4) is 0 Å². The van der Waals surface area contributed by atoms with Gasteiger partial charge in [0.05, 0.1) is 0 Å². The predicted octanol–water partition coefficient (Wildman–Crippen LogP) is 2.26. The largest absolute Gasteiger partial charge is 0.352 e. The molecule has 0 fully saturated rings. The number of hydrogen-bond acceptors (Lipinski definition) is 4. The van der Waals surface area contributed by atoms with Gasteiger partial charge in [-0.05, 0) is 62.8 Å². The Kier molecular flexibility index (Phi) is 8.61. The number of hydrogen-bond donors (Lipinski definition) is 2. The predicted molar refractivity (Wildman–Crippen MR) is 115 cm³/mol. The van der Waals surface area contributed by atoms with Gasteiger partial charge in [-0.1, -0.05) is 19.9 Å². The lowest BCUT2D eigenvalue weighted by atomic mass is 10.2. The highest BCUT2D eigenvalue weighted by atomic mass is 16.2. The zero-order valence-electron chi connectivity index (χ0n) is 17.4. The van der Waals surface area contributed by atoms with Crippen molar-refractivity contribution in [3.8, 4) is 0 Å². The molecular weight excluding hydrogens is 368 g/mol. The van der Waals surface area contributed by atoms with Gasteiger partial charge in [-0.3, -0.25) is 14.4 Å². The summed E-state index contributed by atoms with van der Waals surface area (Å²) >= 11 is 0. The SMILES string of the molecule is CCN(CC)CCCNC(=O)c1ccc(NC(=O)Cn2cc(C)ccc2=O)cc1. The zero-order chi connectivity index (χ0) is 21.2. The van der Waals surface area contributed by atoms with Crippen LogP contribution in [0.5, 0.6) is 0 Å². The van der Waals surface area contributed by atoms with Crippen LogP contribution in [0.25, 0.3) is 0 Å². The van der Waals surface area contributed by atoms with Crippen molar-refractivity contribution < 1.29 is 9.59 Å². The highest BCUT2D eigenvalue weighted by Crippen LogP contribution is 2.10. The number of pyridine rings is 1. The number of aromatic nitrogens is 1. The molecule has 2 N–H and O–H groups in total. The molecule has 7 heteroatoms. The molecule has 1 aromatic heterocycles. The Morgan fingerprint density at radius 1 is 1.03 bits per heavy atom. The van der Waals surface area contributed by atoms with Crippen LogP contribution in [0, 0.1) is 6.92 Å². The first-order valence-electron chi connectivity index (χ1n) is 10.0. The molecule has 0 aliphatic heterocycles. The lowest BCUT2D eigenvalue weighted by Crippen LogP contribution is -2.30. The van der Waals surface area contributed by atoms with Crippen LogP contribution in [-0.2, 0) is 11.3 Å². The lowest BCUT2D eigenvalue weighted by Gasteiger charge is -2.17. The Morgan fingerprint density at radius 3 is 2.38 bits per heavy atom. The van der Waals surface area contributed by atoms with Crippen molar-refractivity contribution in [3.63, 3.8) is 0 Å². The number of nitrogens with one attached hydrogen (secondary N) is 2. The van der Waals surface area contributed by atoms with Crippen molar-refractivity contribution in [2.24, 2.45) is 0 Å². The van der Waals surface area contributed by atoms with E-state index in [1.807, 2.05) is 6.92 Å². The van der Waals surface area contributed by atoms with Gasteiger partial charge >= 0.3 is 0 Å². The smallest absolute Gasteiger partial charge is 0.251 e. The van der Waals surface area contributed by atoms with Gasteiger partial charge in [0.2, 0.25) is 5.91 Å². The lowest BCUT2D eigenvalue weighted by molar-refractivity contribution is -0.116. The normalized spacial score (nSPS) is 10.8. The maximum Gasteiger partial charge on any atom is 0.251 e. The summed E-state index contributed by atoms with van der Waals surface area (Å²) in [6.07, 6.45) is 2.55. The van der Waals surface area contributed by atoms with Crippen LogP contribution in [-0.4, -0.2) is 47.5 Å². The molecule has 156 valence electrons. The van der Waals surface area contributed by atoms with E-state index < -0.39 is 0 Å².